The van der Waals surface area contributed by atoms with Gasteiger partial charge in [-0.1, -0.05) is 84.9 Å². The molecule has 0 spiro atoms. The van der Waals surface area contributed by atoms with Crippen LogP contribution in [0.25, 0.3) is 61.0 Å². The molecule has 0 bridgehead atoms. The molecular weight excluding hydrogens is 798 g/mol. The zero-order valence-corrected chi connectivity index (χ0v) is 29.1. The Bertz CT molecular complexity index is 2560. The Balaban J connectivity index is 0.00000361. The van der Waals surface area contributed by atoms with Crippen molar-refractivity contribution in [2.24, 2.45) is 0 Å². The van der Waals surface area contributed by atoms with Gasteiger partial charge in [-0.15, -0.1) is 35.9 Å². The van der Waals surface area contributed by atoms with Crippen molar-refractivity contribution in [3.63, 3.8) is 0 Å². The van der Waals surface area contributed by atoms with E-state index in [2.05, 4.69) is 76.3 Å². The number of phenols is 1. The molecule has 6 aromatic carbocycles. The molecular formula is C44H30N3O2Pt-. The number of fused-ring (bicyclic) bond motifs is 4. The second-order valence-corrected chi connectivity index (χ2v) is 12.3. The number of para-hydroxylation sites is 2. The monoisotopic (exact) mass is 827 g/mol. The van der Waals surface area contributed by atoms with E-state index >= 15 is 0 Å². The maximum Gasteiger partial charge on any atom is 0.142 e. The largest absolute Gasteiger partial charge is 0.507 e. The summed E-state index contributed by atoms with van der Waals surface area (Å²) < 4.78 is 8.57. The van der Waals surface area contributed by atoms with Gasteiger partial charge in [-0.3, -0.25) is 9.97 Å². The number of pyridine rings is 1. The molecule has 0 fully saturated rings. The summed E-state index contributed by atoms with van der Waals surface area (Å²) >= 11 is 0. The van der Waals surface area contributed by atoms with Crippen LogP contribution >= 0.6 is 0 Å². The number of imidazole rings is 1. The molecule has 1 N–H and O–H groups in total. The number of phenolic OH excluding ortho intramolecular Hbond substituents is 1. The molecule has 0 aliphatic rings. The molecule has 0 aliphatic carbocycles. The molecule has 0 atom stereocenters. The maximum atomic E-state index is 12.3. The minimum absolute atomic E-state index is 0. The van der Waals surface area contributed by atoms with Gasteiger partial charge in [0.15, 0.2) is 0 Å². The van der Waals surface area contributed by atoms with E-state index < -0.39 is 0 Å². The Labute approximate surface area is 303 Å². The molecule has 244 valence electrons. The molecule has 0 aliphatic heterocycles. The molecule has 50 heavy (non-hydrogen) atoms. The molecule has 6 heteroatoms. The smallest absolute Gasteiger partial charge is 0.142 e. The first-order valence-electron chi connectivity index (χ1n) is 16.4. The Morgan fingerprint density at radius 3 is 2.22 bits per heavy atom. The first-order chi connectivity index (χ1) is 24.2. The number of benzene rings is 6. The zero-order chi connectivity index (χ0) is 32.7. The topological polar surface area (TPSA) is 64.1 Å². The van der Waals surface area contributed by atoms with E-state index in [4.69, 9.17) is 9.40 Å². The van der Waals surface area contributed by atoms with Crippen molar-refractivity contribution < 1.29 is 30.6 Å². The van der Waals surface area contributed by atoms with Gasteiger partial charge in [-0.2, -0.15) is 0 Å². The third-order valence-corrected chi connectivity index (χ3v) is 9.32. The van der Waals surface area contributed by atoms with E-state index in [1.165, 1.54) is 10.9 Å². The van der Waals surface area contributed by atoms with E-state index in [0.717, 1.165) is 55.5 Å². The SMILES string of the molecule is Oc1c(-c2cn(-c3ccccc3)c(-c3[c-]cccc3)n2)cc2c(oc3ccccc32)c1Cc1ccccc1Cc1cncc2ccccc12.[Pt]. The van der Waals surface area contributed by atoms with E-state index in [1.807, 2.05) is 91.4 Å². The Morgan fingerprint density at radius 2 is 1.40 bits per heavy atom. The van der Waals surface area contributed by atoms with Crippen LogP contribution in [0.3, 0.4) is 0 Å². The molecule has 0 radical (unpaired) electrons. The quantitative estimate of drug-likeness (QED) is 0.163. The minimum Gasteiger partial charge on any atom is -0.507 e. The third-order valence-electron chi connectivity index (χ3n) is 9.32. The molecule has 5 nitrogen and oxygen atoms in total. The summed E-state index contributed by atoms with van der Waals surface area (Å²) in [4.78, 5) is 9.68. The average molecular weight is 828 g/mol. The van der Waals surface area contributed by atoms with Gasteiger partial charge >= 0.3 is 0 Å². The second-order valence-electron chi connectivity index (χ2n) is 12.3. The molecule has 0 unspecified atom stereocenters. The van der Waals surface area contributed by atoms with Crippen molar-refractivity contribution >= 4 is 32.7 Å². The molecule has 9 aromatic rings. The van der Waals surface area contributed by atoms with Gasteiger partial charge in [0.05, 0.1) is 11.5 Å². The van der Waals surface area contributed by atoms with Crippen LogP contribution in [0.4, 0.5) is 0 Å². The van der Waals surface area contributed by atoms with Crippen molar-refractivity contribution in [1.29, 1.82) is 0 Å². The van der Waals surface area contributed by atoms with Crippen LogP contribution < -0.4 is 0 Å². The number of furan rings is 1. The van der Waals surface area contributed by atoms with Crippen LogP contribution in [0.5, 0.6) is 5.75 Å². The summed E-state index contributed by atoms with van der Waals surface area (Å²) in [6.07, 6.45) is 7.06. The standard InChI is InChI=1S/C44H30N3O2.Pt/c48-42-38(40-28-47(34-18-5-2-6-19-34)44(46-40)29-13-3-1-4-14-29)25-37-36-21-11-12-22-41(36)49-43(37)39(42)24-31-16-8-7-15-30(31)23-33-27-45-26-32-17-9-10-20-35(32)33;/h1-13,15-22,25-28,48H,23-24H2;/q-1;. The summed E-state index contributed by atoms with van der Waals surface area (Å²) in [6, 6.07) is 48.2. The predicted molar refractivity (Wildman–Crippen MR) is 196 cm³/mol. The number of hydrogen-bond acceptors (Lipinski definition) is 4. The molecule has 0 amide bonds. The van der Waals surface area contributed by atoms with Gasteiger partial charge in [0, 0.05) is 79.0 Å². The van der Waals surface area contributed by atoms with Crippen LogP contribution in [-0.4, -0.2) is 19.6 Å². The maximum absolute atomic E-state index is 12.3. The Kier molecular flexibility index (Phi) is 8.36. The first kappa shape index (κ1) is 31.5. The summed E-state index contributed by atoms with van der Waals surface area (Å²) in [6.45, 7) is 0. The van der Waals surface area contributed by atoms with Crippen LogP contribution in [0, 0.1) is 6.07 Å². The molecule has 0 saturated carbocycles. The third kappa shape index (κ3) is 5.60. The molecule has 3 heterocycles. The van der Waals surface area contributed by atoms with Gasteiger partial charge in [0.25, 0.3) is 0 Å². The fourth-order valence-electron chi connectivity index (χ4n) is 6.91. The van der Waals surface area contributed by atoms with Crippen molar-refractivity contribution in [2.45, 2.75) is 12.8 Å². The van der Waals surface area contributed by atoms with Crippen molar-refractivity contribution in [1.82, 2.24) is 14.5 Å². The van der Waals surface area contributed by atoms with E-state index in [0.29, 0.717) is 29.7 Å². The van der Waals surface area contributed by atoms with Crippen LogP contribution in [-0.2, 0) is 33.9 Å². The summed E-state index contributed by atoms with van der Waals surface area (Å²) in [7, 11) is 0. The summed E-state index contributed by atoms with van der Waals surface area (Å²) in [5.74, 6) is 0.906. The predicted octanol–water partition coefficient (Wildman–Crippen LogP) is 10.3. The number of rotatable bonds is 7. The van der Waals surface area contributed by atoms with Gasteiger partial charge in [0.1, 0.15) is 16.9 Å². The van der Waals surface area contributed by atoms with Crippen LogP contribution in [0.1, 0.15) is 22.3 Å². The Hall–Kier alpha value is -5.77. The van der Waals surface area contributed by atoms with Crippen molar-refractivity contribution in [2.75, 3.05) is 0 Å². The Morgan fingerprint density at radius 1 is 0.680 bits per heavy atom. The van der Waals surface area contributed by atoms with Crippen molar-refractivity contribution in [3.8, 4) is 34.1 Å². The van der Waals surface area contributed by atoms with E-state index in [9.17, 15) is 5.11 Å². The van der Waals surface area contributed by atoms with E-state index in [-0.39, 0.29) is 26.8 Å². The summed E-state index contributed by atoms with van der Waals surface area (Å²) in [5, 5.41) is 16.5. The summed E-state index contributed by atoms with van der Waals surface area (Å²) in [5.41, 5.74) is 8.79. The number of aromatic nitrogens is 3. The van der Waals surface area contributed by atoms with Gasteiger partial charge in [0.2, 0.25) is 0 Å². The molecule has 9 rings (SSSR count). The molecule has 3 aromatic heterocycles. The number of hydrogen-bond donors (Lipinski definition) is 1. The van der Waals surface area contributed by atoms with Crippen LogP contribution in [0.15, 0.2) is 156 Å². The number of nitrogens with zero attached hydrogens (tertiary/aromatic N) is 3. The fourth-order valence-corrected chi connectivity index (χ4v) is 6.91. The normalized spacial score (nSPS) is 11.3. The number of aromatic hydroxyl groups is 1. The minimum atomic E-state index is 0. The van der Waals surface area contributed by atoms with Crippen LogP contribution in [0.2, 0.25) is 0 Å². The van der Waals surface area contributed by atoms with E-state index in [1.54, 1.807) is 0 Å². The molecule has 0 saturated heterocycles. The first-order valence-corrected chi connectivity index (χ1v) is 16.4. The second kappa shape index (κ2) is 13.3. The van der Waals surface area contributed by atoms with Gasteiger partial charge < -0.3 is 14.1 Å². The average Bonchev–Trinajstić information content (AvgIpc) is 3.77. The van der Waals surface area contributed by atoms with Crippen molar-refractivity contribution in [3.05, 3.63) is 180 Å². The fraction of sp³-hybridized carbons (Fsp3) is 0.0455. The zero-order valence-electron chi connectivity index (χ0n) is 26.9. The van der Waals surface area contributed by atoms with Gasteiger partial charge in [-0.05, 0) is 52.8 Å². The van der Waals surface area contributed by atoms with Gasteiger partial charge in [-0.25, -0.2) is 0 Å².